The zero-order valence-corrected chi connectivity index (χ0v) is 8.12. The average Bonchev–Trinajstić information content (AvgIpc) is 2.46. The van der Waals surface area contributed by atoms with Gasteiger partial charge >= 0.3 is 5.97 Å². The molecule has 5 heteroatoms. The van der Waals surface area contributed by atoms with Gasteiger partial charge in [0.25, 0.3) is 0 Å². The van der Waals surface area contributed by atoms with Crippen LogP contribution in [0.5, 0.6) is 0 Å². The predicted molar refractivity (Wildman–Crippen MR) is 52.7 cm³/mol. The lowest BCUT2D eigenvalue weighted by Crippen LogP contribution is -1.98. The molecule has 0 radical (unpaired) electrons. The van der Waals surface area contributed by atoms with Crippen molar-refractivity contribution in [3.8, 4) is 0 Å². The van der Waals surface area contributed by atoms with Crippen LogP contribution in [0.25, 0.3) is 10.9 Å². The number of carboxylic acids is 1. The Labute approximate surface area is 84.7 Å². The summed E-state index contributed by atoms with van der Waals surface area (Å²) in [5, 5.41) is 13.9. The number of aromatic nitrogens is 2. The van der Waals surface area contributed by atoms with E-state index >= 15 is 0 Å². The van der Waals surface area contributed by atoms with Crippen LogP contribution in [0.15, 0.2) is 18.3 Å². The number of benzene rings is 1. The van der Waals surface area contributed by atoms with Crippen LogP contribution in [-0.2, 0) is 7.05 Å². The molecule has 1 aromatic heterocycles. The van der Waals surface area contributed by atoms with E-state index in [4.69, 9.17) is 16.7 Å². The number of aryl methyl sites for hydroxylation is 1. The maximum Gasteiger partial charge on any atom is 0.337 e. The molecule has 1 aromatic carbocycles. The van der Waals surface area contributed by atoms with Crippen molar-refractivity contribution < 1.29 is 9.90 Å². The lowest BCUT2D eigenvalue weighted by atomic mass is 10.1. The zero-order valence-electron chi connectivity index (χ0n) is 7.36. The second-order valence-electron chi connectivity index (χ2n) is 2.96. The fourth-order valence-electron chi connectivity index (χ4n) is 1.34. The fraction of sp³-hybridized carbons (Fsp3) is 0.111. The Morgan fingerprint density at radius 3 is 2.93 bits per heavy atom. The number of carboxylic acid groups (broad SMARTS) is 1. The lowest BCUT2D eigenvalue weighted by molar-refractivity contribution is 0.0697. The lowest BCUT2D eigenvalue weighted by Gasteiger charge is -1.99. The van der Waals surface area contributed by atoms with Gasteiger partial charge in [-0.05, 0) is 12.1 Å². The molecule has 0 bridgehead atoms. The molecule has 0 saturated heterocycles. The molecule has 2 rings (SSSR count). The molecular weight excluding hydrogens is 204 g/mol. The van der Waals surface area contributed by atoms with Gasteiger partial charge in [0.05, 0.1) is 22.3 Å². The molecule has 0 aliphatic heterocycles. The van der Waals surface area contributed by atoms with Crippen molar-refractivity contribution >= 4 is 28.5 Å². The van der Waals surface area contributed by atoms with E-state index < -0.39 is 5.97 Å². The van der Waals surface area contributed by atoms with Crippen molar-refractivity contribution in [3.63, 3.8) is 0 Å². The first kappa shape index (κ1) is 9.02. The molecule has 1 N–H and O–H groups in total. The number of hydrogen-bond donors (Lipinski definition) is 1. The second-order valence-corrected chi connectivity index (χ2v) is 3.37. The van der Waals surface area contributed by atoms with E-state index in [1.807, 2.05) is 0 Å². The van der Waals surface area contributed by atoms with Gasteiger partial charge in [0.2, 0.25) is 0 Å². The van der Waals surface area contributed by atoms with Crippen molar-refractivity contribution in [3.05, 3.63) is 28.9 Å². The zero-order chi connectivity index (χ0) is 10.3. The van der Waals surface area contributed by atoms with Crippen LogP contribution in [0.3, 0.4) is 0 Å². The maximum absolute atomic E-state index is 10.8. The van der Waals surface area contributed by atoms with E-state index in [1.165, 1.54) is 6.07 Å². The van der Waals surface area contributed by atoms with Gasteiger partial charge in [-0.25, -0.2) is 4.79 Å². The number of halogens is 1. The van der Waals surface area contributed by atoms with Gasteiger partial charge in [0.15, 0.2) is 0 Å². The van der Waals surface area contributed by atoms with Crippen LogP contribution in [0.1, 0.15) is 10.4 Å². The number of rotatable bonds is 1. The van der Waals surface area contributed by atoms with Gasteiger partial charge in [0, 0.05) is 12.4 Å². The molecule has 0 aliphatic carbocycles. The Morgan fingerprint density at radius 2 is 2.29 bits per heavy atom. The predicted octanol–water partition coefficient (Wildman–Crippen LogP) is 1.92. The van der Waals surface area contributed by atoms with Crippen molar-refractivity contribution in [1.29, 1.82) is 0 Å². The van der Waals surface area contributed by atoms with Crippen molar-refractivity contribution in [2.45, 2.75) is 0 Å². The smallest absolute Gasteiger partial charge is 0.337 e. The molecule has 0 atom stereocenters. The molecule has 72 valence electrons. The van der Waals surface area contributed by atoms with Crippen LogP contribution >= 0.6 is 11.6 Å². The summed E-state index contributed by atoms with van der Waals surface area (Å²) in [7, 11) is 1.75. The summed E-state index contributed by atoms with van der Waals surface area (Å²) in [4.78, 5) is 10.8. The third-order valence-electron chi connectivity index (χ3n) is 2.07. The monoisotopic (exact) mass is 210 g/mol. The van der Waals surface area contributed by atoms with E-state index in [0.29, 0.717) is 0 Å². The molecular formula is C9H7ClN2O2. The van der Waals surface area contributed by atoms with Crippen molar-refractivity contribution in [2.24, 2.45) is 7.05 Å². The fourth-order valence-corrected chi connectivity index (χ4v) is 1.59. The number of nitrogens with zero attached hydrogens (tertiary/aromatic N) is 2. The van der Waals surface area contributed by atoms with Gasteiger partial charge in [0.1, 0.15) is 0 Å². The number of fused-ring (bicyclic) bond motifs is 1. The van der Waals surface area contributed by atoms with Crippen LogP contribution in [0.2, 0.25) is 5.02 Å². The Bertz CT molecular complexity index is 519. The summed E-state index contributed by atoms with van der Waals surface area (Å²) < 4.78 is 1.61. The largest absolute Gasteiger partial charge is 0.478 e. The highest BCUT2D eigenvalue weighted by molar-refractivity contribution is 6.34. The summed E-state index contributed by atoms with van der Waals surface area (Å²) >= 11 is 5.79. The highest BCUT2D eigenvalue weighted by Gasteiger charge is 2.11. The third-order valence-corrected chi connectivity index (χ3v) is 2.38. The van der Waals surface area contributed by atoms with Gasteiger partial charge in [-0.15, -0.1) is 0 Å². The van der Waals surface area contributed by atoms with Crippen molar-refractivity contribution in [1.82, 2.24) is 9.78 Å². The summed E-state index contributed by atoms with van der Waals surface area (Å²) in [5.41, 5.74) is 0.856. The molecule has 14 heavy (non-hydrogen) atoms. The molecule has 0 unspecified atom stereocenters. The van der Waals surface area contributed by atoms with Crippen LogP contribution in [0.4, 0.5) is 0 Å². The Morgan fingerprint density at radius 1 is 1.57 bits per heavy atom. The quantitative estimate of drug-likeness (QED) is 0.783. The number of aromatic carboxylic acids is 1. The molecule has 0 fully saturated rings. The highest BCUT2D eigenvalue weighted by atomic mass is 35.5. The minimum atomic E-state index is -1.03. The van der Waals surface area contributed by atoms with Crippen LogP contribution in [0, 0.1) is 0 Å². The SMILES string of the molecule is Cn1ncc2cc(Cl)c(C(=O)O)cc21. The topological polar surface area (TPSA) is 55.1 Å². The molecule has 0 saturated carbocycles. The minimum Gasteiger partial charge on any atom is -0.478 e. The second kappa shape index (κ2) is 2.99. The van der Waals surface area contributed by atoms with Gasteiger partial charge in [-0.2, -0.15) is 5.10 Å². The summed E-state index contributed by atoms with van der Waals surface area (Å²) in [6, 6.07) is 3.13. The number of carbonyl (C=O) groups is 1. The van der Waals surface area contributed by atoms with Gasteiger partial charge < -0.3 is 5.11 Å². The summed E-state index contributed by atoms with van der Waals surface area (Å²) in [6.45, 7) is 0. The first-order valence-corrected chi connectivity index (χ1v) is 4.32. The summed E-state index contributed by atoms with van der Waals surface area (Å²) in [6.07, 6.45) is 1.65. The molecule has 0 aliphatic rings. The van der Waals surface area contributed by atoms with Gasteiger partial charge in [-0.3, -0.25) is 4.68 Å². The van der Waals surface area contributed by atoms with Crippen molar-refractivity contribution in [2.75, 3.05) is 0 Å². The standard InChI is InChI=1S/C9H7ClN2O2/c1-12-8-3-6(9(13)14)7(10)2-5(8)4-11-12/h2-4H,1H3,(H,13,14). The van der Waals surface area contributed by atoms with Crippen LogP contribution in [-0.4, -0.2) is 20.9 Å². The van der Waals surface area contributed by atoms with E-state index in [9.17, 15) is 4.79 Å². The molecule has 4 nitrogen and oxygen atoms in total. The van der Waals surface area contributed by atoms with E-state index in [0.717, 1.165) is 10.9 Å². The van der Waals surface area contributed by atoms with Crippen LogP contribution < -0.4 is 0 Å². The molecule has 2 aromatic rings. The maximum atomic E-state index is 10.8. The Kier molecular flexibility index (Phi) is 1.93. The third kappa shape index (κ3) is 1.24. The molecule has 1 heterocycles. The summed E-state index contributed by atoms with van der Waals surface area (Å²) in [5.74, 6) is -1.03. The van der Waals surface area contributed by atoms with E-state index in [-0.39, 0.29) is 10.6 Å². The average molecular weight is 211 g/mol. The Hall–Kier alpha value is -1.55. The first-order chi connectivity index (χ1) is 6.59. The first-order valence-electron chi connectivity index (χ1n) is 3.94. The Balaban J connectivity index is 2.80. The van der Waals surface area contributed by atoms with E-state index in [2.05, 4.69) is 5.10 Å². The normalized spacial score (nSPS) is 10.7. The van der Waals surface area contributed by atoms with E-state index in [1.54, 1.807) is 24.0 Å². The highest BCUT2D eigenvalue weighted by Crippen LogP contribution is 2.23. The number of hydrogen-bond acceptors (Lipinski definition) is 2. The molecule has 0 spiro atoms. The molecule has 0 amide bonds. The van der Waals surface area contributed by atoms with Gasteiger partial charge in [-0.1, -0.05) is 11.6 Å². The minimum absolute atomic E-state index is 0.0998.